The lowest BCUT2D eigenvalue weighted by molar-refractivity contribution is -0.116. The summed E-state index contributed by atoms with van der Waals surface area (Å²) < 4.78 is 0. The minimum absolute atomic E-state index is 0.0157. The molecule has 1 aliphatic carbocycles. The molecule has 0 saturated heterocycles. The van der Waals surface area contributed by atoms with E-state index in [2.05, 4.69) is 5.32 Å². The monoisotopic (exact) mass is 278 g/mol. The molecule has 1 aliphatic rings. The summed E-state index contributed by atoms with van der Waals surface area (Å²) in [4.78, 5) is 26.9. The van der Waals surface area contributed by atoms with E-state index in [4.69, 9.17) is 0 Å². The van der Waals surface area contributed by atoms with Crippen molar-refractivity contribution in [3.63, 3.8) is 0 Å². The first-order chi connectivity index (χ1) is 9.25. The van der Waals surface area contributed by atoms with E-state index >= 15 is 0 Å². The number of Topliss-reactive ketones (excluding diaryl/α,β-unsaturated/α-hetero) is 1. The Hall–Kier alpha value is -1.42. The zero-order valence-corrected chi connectivity index (χ0v) is 13.4. The average Bonchev–Trinajstić information content (AvgIpc) is 2.31. The summed E-state index contributed by atoms with van der Waals surface area (Å²) in [6.07, 6.45) is 1.50. The molecular weight excluding hydrogens is 252 g/mol. The molecule has 0 aromatic heterocycles. The maximum atomic E-state index is 12.5. The molecule has 0 aliphatic heterocycles. The number of carbonyl (C=O) groups excluding carboxylic acids is 2. The molecule has 0 unspecified atom stereocenters. The number of likely N-dealkylation sites (N-methyl/N-ethyl adjacent to an activating group) is 1. The zero-order valence-electron chi connectivity index (χ0n) is 13.4. The summed E-state index contributed by atoms with van der Waals surface area (Å²) in [6.45, 7) is 9.27. The number of hydrogen-bond acceptors (Lipinski definition) is 4. The Balaban J connectivity index is 3.04. The molecule has 0 radical (unpaired) electrons. The normalized spacial score (nSPS) is 16.6. The van der Waals surface area contributed by atoms with E-state index in [9.17, 15) is 9.59 Å². The Kier molecular flexibility index (Phi) is 5.69. The van der Waals surface area contributed by atoms with Gasteiger partial charge in [-0.15, -0.1) is 0 Å². The number of nitrogens with zero attached hydrogens (tertiary/aromatic N) is 1. The number of rotatable bonds is 6. The van der Waals surface area contributed by atoms with Crippen LogP contribution >= 0.6 is 0 Å². The van der Waals surface area contributed by atoms with E-state index < -0.39 is 0 Å². The molecule has 0 saturated carbocycles. The summed E-state index contributed by atoms with van der Waals surface area (Å²) in [6, 6.07) is 0. The minimum atomic E-state index is -0.0734. The molecule has 20 heavy (non-hydrogen) atoms. The lowest BCUT2D eigenvalue weighted by Crippen LogP contribution is -2.34. The molecule has 0 spiro atoms. The average molecular weight is 278 g/mol. The van der Waals surface area contributed by atoms with Gasteiger partial charge in [0.1, 0.15) is 0 Å². The van der Waals surface area contributed by atoms with E-state index in [1.807, 2.05) is 46.7 Å². The molecular formula is C16H26N2O2. The molecule has 0 aromatic rings. The Morgan fingerprint density at radius 3 is 2.15 bits per heavy atom. The third-order valence-corrected chi connectivity index (χ3v) is 3.37. The van der Waals surface area contributed by atoms with Crippen LogP contribution in [0.4, 0.5) is 0 Å². The van der Waals surface area contributed by atoms with Crippen LogP contribution in [0.5, 0.6) is 0 Å². The van der Waals surface area contributed by atoms with Gasteiger partial charge in [0.25, 0.3) is 0 Å². The smallest absolute Gasteiger partial charge is 0.202 e. The second-order valence-corrected chi connectivity index (χ2v) is 6.12. The number of hydrogen-bond donors (Lipinski definition) is 1. The SMILES string of the molecule is CC(C)C1=CC(=O)C(NCCN(C)C)=C(C(C)C)C1=O. The Bertz CT molecular complexity index is 457. The van der Waals surface area contributed by atoms with E-state index in [1.54, 1.807) is 0 Å². The highest BCUT2D eigenvalue weighted by atomic mass is 16.1. The van der Waals surface area contributed by atoms with Crippen molar-refractivity contribution >= 4 is 11.6 Å². The number of allylic oxidation sites excluding steroid dienone is 3. The van der Waals surface area contributed by atoms with Crippen LogP contribution in [0.3, 0.4) is 0 Å². The van der Waals surface area contributed by atoms with Crippen LogP contribution in [0.25, 0.3) is 0 Å². The van der Waals surface area contributed by atoms with Crippen LogP contribution in [0.15, 0.2) is 22.9 Å². The van der Waals surface area contributed by atoms with E-state index in [-0.39, 0.29) is 23.4 Å². The second-order valence-electron chi connectivity index (χ2n) is 6.12. The third kappa shape index (κ3) is 3.79. The minimum Gasteiger partial charge on any atom is -0.380 e. The third-order valence-electron chi connectivity index (χ3n) is 3.37. The highest BCUT2D eigenvalue weighted by Crippen LogP contribution is 2.27. The topological polar surface area (TPSA) is 49.4 Å². The highest BCUT2D eigenvalue weighted by Gasteiger charge is 2.31. The zero-order chi connectivity index (χ0) is 15.4. The standard InChI is InChI=1S/C16H26N2O2/c1-10(2)12-9-13(19)15(17-7-8-18(5)6)14(11(3)4)16(12)20/h9-11,17H,7-8H2,1-6H3. The fraction of sp³-hybridized carbons (Fsp3) is 0.625. The van der Waals surface area contributed by atoms with Crippen molar-refractivity contribution in [2.45, 2.75) is 27.7 Å². The van der Waals surface area contributed by atoms with Gasteiger partial charge in [0, 0.05) is 24.2 Å². The summed E-state index contributed by atoms with van der Waals surface area (Å²) >= 11 is 0. The van der Waals surface area contributed by atoms with Gasteiger partial charge in [-0.3, -0.25) is 9.59 Å². The van der Waals surface area contributed by atoms with Crippen molar-refractivity contribution in [3.05, 3.63) is 22.9 Å². The summed E-state index contributed by atoms with van der Waals surface area (Å²) in [7, 11) is 3.95. The van der Waals surface area contributed by atoms with Crippen LogP contribution < -0.4 is 5.32 Å². The Labute approximate surface area is 121 Å². The van der Waals surface area contributed by atoms with Crippen molar-refractivity contribution in [1.82, 2.24) is 10.2 Å². The molecule has 4 heteroatoms. The molecule has 0 heterocycles. The fourth-order valence-corrected chi connectivity index (χ4v) is 2.25. The predicted molar refractivity (Wildman–Crippen MR) is 81.4 cm³/mol. The largest absolute Gasteiger partial charge is 0.380 e. The molecule has 0 bridgehead atoms. The van der Waals surface area contributed by atoms with Crippen LogP contribution in [0.2, 0.25) is 0 Å². The van der Waals surface area contributed by atoms with Crippen molar-refractivity contribution in [3.8, 4) is 0 Å². The van der Waals surface area contributed by atoms with Gasteiger partial charge in [0.05, 0.1) is 5.70 Å². The molecule has 0 atom stereocenters. The molecule has 1 rings (SSSR count). The van der Waals surface area contributed by atoms with Gasteiger partial charge in [0.15, 0.2) is 5.78 Å². The molecule has 0 fully saturated rings. The van der Waals surface area contributed by atoms with Gasteiger partial charge in [-0.2, -0.15) is 0 Å². The van der Waals surface area contributed by atoms with Crippen LogP contribution in [-0.2, 0) is 9.59 Å². The predicted octanol–water partition coefficient (Wildman–Crippen LogP) is 1.78. The molecule has 4 nitrogen and oxygen atoms in total. The maximum absolute atomic E-state index is 12.5. The lowest BCUT2D eigenvalue weighted by Gasteiger charge is -2.24. The molecule has 112 valence electrons. The Morgan fingerprint density at radius 1 is 1.10 bits per heavy atom. The number of ketones is 2. The highest BCUT2D eigenvalue weighted by molar-refractivity contribution is 6.22. The maximum Gasteiger partial charge on any atom is 0.202 e. The van der Waals surface area contributed by atoms with Gasteiger partial charge in [-0.1, -0.05) is 27.7 Å². The van der Waals surface area contributed by atoms with Crippen LogP contribution in [0.1, 0.15) is 27.7 Å². The number of carbonyl (C=O) groups is 2. The van der Waals surface area contributed by atoms with Crippen LogP contribution in [-0.4, -0.2) is 43.7 Å². The first-order valence-corrected chi connectivity index (χ1v) is 7.19. The fourth-order valence-electron chi connectivity index (χ4n) is 2.25. The van der Waals surface area contributed by atoms with Crippen molar-refractivity contribution < 1.29 is 9.59 Å². The van der Waals surface area contributed by atoms with Gasteiger partial charge in [-0.05, 0) is 32.0 Å². The van der Waals surface area contributed by atoms with E-state index in [0.717, 1.165) is 6.54 Å². The lowest BCUT2D eigenvalue weighted by atomic mass is 9.82. The van der Waals surface area contributed by atoms with E-state index in [0.29, 0.717) is 23.4 Å². The van der Waals surface area contributed by atoms with Gasteiger partial charge < -0.3 is 10.2 Å². The van der Waals surface area contributed by atoms with Gasteiger partial charge in [-0.25, -0.2) is 0 Å². The molecule has 0 aromatic carbocycles. The van der Waals surface area contributed by atoms with Gasteiger partial charge >= 0.3 is 0 Å². The number of nitrogens with one attached hydrogen (secondary N) is 1. The Morgan fingerprint density at radius 2 is 1.70 bits per heavy atom. The molecule has 0 amide bonds. The van der Waals surface area contributed by atoms with Crippen molar-refractivity contribution in [1.29, 1.82) is 0 Å². The summed E-state index contributed by atoms with van der Waals surface area (Å²) in [5.74, 6) is 0.0528. The summed E-state index contributed by atoms with van der Waals surface area (Å²) in [5.41, 5.74) is 1.73. The van der Waals surface area contributed by atoms with Crippen molar-refractivity contribution in [2.24, 2.45) is 11.8 Å². The van der Waals surface area contributed by atoms with Gasteiger partial charge in [0.2, 0.25) is 5.78 Å². The first-order valence-electron chi connectivity index (χ1n) is 7.19. The second kappa shape index (κ2) is 6.84. The van der Waals surface area contributed by atoms with Crippen molar-refractivity contribution in [2.75, 3.05) is 27.2 Å². The first kappa shape index (κ1) is 16.6. The van der Waals surface area contributed by atoms with E-state index in [1.165, 1.54) is 6.08 Å². The summed E-state index contributed by atoms with van der Waals surface area (Å²) in [5, 5.41) is 3.15. The quantitative estimate of drug-likeness (QED) is 0.753. The molecule has 1 N–H and O–H groups in total. The van der Waals surface area contributed by atoms with Crippen LogP contribution in [0, 0.1) is 11.8 Å².